The third kappa shape index (κ3) is 2.49. The number of carboxylic acids is 1. The fourth-order valence-corrected chi connectivity index (χ4v) is 4.31. The number of hydrogen-bond acceptors (Lipinski definition) is 6. The second-order valence-corrected chi connectivity index (χ2v) is 6.58. The number of aromatic nitrogens is 3. The molecule has 0 bridgehead atoms. The Morgan fingerprint density at radius 2 is 2.20 bits per heavy atom. The van der Waals surface area contributed by atoms with Gasteiger partial charge < -0.3 is 5.11 Å². The number of nitrogens with one attached hydrogen (secondary N) is 1. The van der Waals surface area contributed by atoms with Gasteiger partial charge in [-0.2, -0.15) is 17.9 Å². The lowest BCUT2D eigenvalue weighted by Gasteiger charge is -2.07. The molecule has 0 aromatic carbocycles. The van der Waals surface area contributed by atoms with Crippen LogP contribution in [-0.4, -0.2) is 33.6 Å². The molecule has 2 aromatic rings. The molecule has 0 spiro atoms. The second kappa shape index (κ2) is 5.04. The Balaban J connectivity index is 2.47. The third-order valence-corrected chi connectivity index (χ3v) is 5.24. The molecule has 0 aliphatic carbocycles. The van der Waals surface area contributed by atoms with Gasteiger partial charge in [0.25, 0.3) is 10.0 Å². The van der Waals surface area contributed by atoms with E-state index in [1.807, 2.05) is 0 Å². The summed E-state index contributed by atoms with van der Waals surface area (Å²) in [5, 5.41) is 12.4. The molecule has 0 unspecified atom stereocenters. The SMILES string of the molecule is Cc1nsc(NS(=O)(=O)c2c(Cl)cnn2C)c1C(=O)O. The van der Waals surface area contributed by atoms with Crippen LogP contribution in [0.5, 0.6) is 0 Å². The normalized spacial score (nSPS) is 11.6. The molecule has 0 saturated heterocycles. The molecule has 8 nitrogen and oxygen atoms in total. The first-order chi connectivity index (χ1) is 9.24. The number of sulfonamides is 1. The number of anilines is 1. The van der Waals surface area contributed by atoms with Crippen molar-refractivity contribution in [3.05, 3.63) is 22.5 Å². The minimum atomic E-state index is -4.05. The first kappa shape index (κ1) is 14.8. The molecule has 2 N–H and O–H groups in total. The number of hydrogen-bond donors (Lipinski definition) is 2. The molecular formula is C9H9ClN4O4S2. The van der Waals surface area contributed by atoms with Crippen LogP contribution >= 0.6 is 23.1 Å². The van der Waals surface area contributed by atoms with Crippen LogP contribution in [0.2, 0.25) is 5.02 Å². The molecule has 0 saturated carbocycles. The highest BCUT2D eigenvalue weighted by atomic mass is 35.5. The van der Waals surface area contributed by atoms with E-state index in [2.05, 4.69) is 14.2 Å². The number of aryl methyl sites for hydroxylation is 2. The Labute approximate surface area is 123 Å². The summed E-state index contributed by atoms with van der Waals surface area (Å²) in [6.07, 6.45) is 1.19. The number of carboxylic acid groups (broad SMARTS) is 1. The average Bonchev–Trinajstić information content (AvgIpc) is 2.82. The van der Waals surface area contributed by atoms with E-state index in [9.17, 15) is 13.2 Å². The first-order valence-corrected chi connectivity index (χ1v) is 7.77. The van der Waals surface area contributed by atoms with Gasteiger partial charge in [-0.15, -0.1) is 0 Å². The molecule has 0 radical (unpaired) electrons. The zero-order chi connectivity index (χ0) is 15.1. The van der Waals surface area contributed by atoms with Crippen molar-refractivity contribution in [1.29, 1.82) is 0 Å². The van der Waals surface area contributed by atoms with Crippen LogP contribution in [0.25, 0.3) is 0 Å². The molecule has 2 aromatic heterocycles. The quantitative estimate of drug-likeness (QED) is 0.870. The van der Waals surface area contributed by atoms with Gasteiger partial charge in [0.1, 0.15) is 10.6 Å². The van der Waals surface area contributed by atoms with Gasteiger partial charge in [-0.05, 0) is 18.5 Å². The number of aromatic carboxylic acids is 1. The molecule has 20 heavy (non-hydrogen) atoms. The minimum Gasteiger partial charge on any atom is -0.478 e. The molecule has 0 fully saturated rings. The Hall–Kier alpha value is -1.65. The lowest BCUT2D eigenvalue weighted by molar-refractivity contribution is 0.0697. The monoisotopic (exact) mass is 336 g/mol. The van der Waals surface area contributed by atoms with Crippen LogP contribution in [0.3, 0.4) is 0 Å². The maximum atomic E-state index is 12.2. The van der Waals surface area contributed by atoms with Crippen LogP contribution in [0.1, 0.15) is 16.1 Å². The molecule has 0 amide bonds. The van der Waals surface area contributed by atoms with Gasteiger partial charge in [0.2, 0.25) is 0 Å². The second-order valence-electron chi connectivity index (χ2n) is 3.80. The van der Waals surface area contributed by atoms with Crippen molar-refractivity contribution in [3.63, 3.8) is 0 Å². The summed E-state index contributed by atoms with van der Waals surface area (Å²) >= 11 is 6.52. The predicted molar refractivity (Wildman–Crippen MR) is 72.8 cm³/mol. The van der Waals surface area contributed by atoms with Crippen molar-refractivity contribution in [2.45, 2.75) is 11.9 Å². The van der Waals surface area contributed by atoms with Crippen molar-refractivity contribution in [1.82, 2.24) is 14.2 Å². The number of carbonyl (C=O) groups is 1. The highest BCUT2D eigenvalue weighted by Crippen LogP contribution is 2.29. The standard InChI is InChI=1S/C9H9ClN4O4S2/c1-4-6(9(15)16)7(19-12-4)13-20(17,18)8-5(10)3-11-14(8)2/h3,13H,1-2H3,(H,15,16). The average molecular weight is 337 g/mol. The summed E-state index contributed by atoms with van der Waals surface area (Å²) in [5.74, 6) is -1.26. The highest BCUT2D eigenvalue weighted by Gasteiger charge is 2.27. The Morgan fingerprint density at radius 3 is 2.70 bits per heavy atom. The van der Waals surface area contributed by atoms with Gasteiger partial charge >= 0.3 is 5.97 Å². The highest BCUT2D eigenvalue weighted by molar-refractivity contribution is 7.93. The van der Waals surface area contributed by atoms with Gasteiger partial charge in [-0.3, -0.25) is 9.40 Å². The van der Waals surface area contributed by atoms with Gasteiger partial charge in [0, 0.05) is 7.05 Å². The molecule has 0 aliphatic rings. The molecular weight excluding hydrogens is 328 g/mol. The van der Waals surface area contributed by atoms with Gasteiger partial charge in [0.15, 0.2) is 5.03 Å². The summed E-state index contributed by atoms with van der Waals surface area (Å²) in [7, 11) is -2.64. The summed E-state index contributed by atoms with van der Waals surface area (Å²) in [6.45, 7) is 1.48. The maximum absolute atomic E-state index is 12.2. The zero-order valence-electron chi connectivity index (χ0n) is 10.3. The van der Waals surface area contributed by atoms with Crippen LogP contribution in [-0.2, 0) is 17.1 Å². The van der Waals surface area contributed by atoms with Gasteiger partial charge in [0.05, 0.1) is 16.9 Å². The van der Waals surface area contributed by atoms with E-state index in [0.29, 0.717) is 0 Å². The third-order valence-electron chi connectivity index (χ3n) is 2.40. The molecule has 2 heterocycles. The van der Waals surface area contributed by atoms with E-state index in [1.165, 1.54) is 20.2 Å². The molecule has 0 atom stereocenters. The minimum absolute atomic E-state index is 0.0573. The molecule has 108 valence electrons. The molecule has 11 heteroatoms. The molecule has 0 aliphatic heterocycles. The molecule has 2 rings (SSSR count). The van der Waals surface area contributed by atoms with E-state index in [1.54, 1.807) is 0 Å². The smallest absolute Gasteiger partial charge is 0.340 e. The fraction of sp³-hybridized carbons (Fsp3) is 0.222. The van der Waals surface area contributed by atoms with E-state index < -0.39 is 16.0 Å². The number of rotatable bonds is 4. The largest absolute Gasteiger partial charge is 0.478 e. The van der Waals surface area contributed by atoms with Gasteiger partial charge in [-0.1, -0.05) is 11.6 Å². The van der Waals surface area contributed by atoms with Crippen LogP contribution < -0.4 is 4.72 Å². The van der Waals surface area contributed by atoms with Crippen molar-refractivity contribution in [3.8, 4) is 0 Å². The first-order valence-electron chi connectivity index (χ1n) is 5.14. The topological polar surface area (TPSA) is 114 Å². The van der Waals surface area contributed by atoms with Crippen molar-refractivity contribution >= 4 is 44.1 Å². The Morgan fingerprint density at radius 1 is 1.55 bits per heavy atom. The van der Waals surface area contributed by atoms with Gasteiger partial charge in [-0.25, -0.2) is 4.79 Å². The lowest BCUT2D eigenvalue weighted by atomic mass is 10.2. The Bertz CT molecular complexity index is 760. The summed E-state index contributed by atoms with van der Waals surface area (Å²) in [6, 6.07) is 0. The van der Waals surface area contributed by atoms with E-state index in [-0.39, 0.29) is 26.3 Å². The van der Waals surface area contributed by atoms with Crippen molar-refractivity contribution in [2.75, 3.05) is 4.72 Å². The predicted octanol–water partition coefficient (Wildman–Crippen LogP) is 1.34. The van der Waals surface area contributed by atoms with Crippen LogP contribution in [0, 0.1) is 6.92 Å². The maximum Gasteiger partial charge on any atom is 0.340 e. The fourth-order valence-electron chi connectivity index (χ4n) is 1.56. The zero-order valence-corrected chi connectivity index (χ0v) is 12.7. The van der Waals surface area contributed by atoms with E-state index in [0.717, 1.165) is 16.2 Å². The van der Waals surface area contributed by atoms with E-state index in [4.69, 9.17) is 16.7 Å². The van der Waals surface area contributed by atoms with E-state index >= 15 is 0 Å². The number of halogens is 1. The number of nitrogens with zero attached hydrogens (tertiary/aromatic N) is 3. The van der Waals surface area contributed by atoms with Crippen LogP contribution in [0.15, 0.2) is 11.2 Å². The van der Waals surface area contributed by atoms with Crippen molar-refractivity contribution in [2.24, 2.45) is 7.05 Å². The summed E-state index contributed by atoms with van der Waals surface area (Å²) in [4.78, 5) is 11.1. The summed E-state index contributed by atoms with van der Waals surface area (Å²) in [5.41, 5.74) is 0.0492. The Kier molecular flexibility index (Phi) is 3.71. The van der Waals surface area contributed by atoms with Crippen LogP contribution in [0.4, 0.5) is 5.00 Å². The summed E-state index contributed by atoms with van der Waals surface area (Å²) < 4.78 is 31.5. The van der Waals surface area contributed by atoms with Crippen molar-refractivity contribution < 1.29 is 18.3 Å². The lowest BCUT2D eigenvalue weighted by Crippen LogP contribution is -2.18.